The van der Waals surface area contributed by atoms with Gasteiger partial charge in [0.1, 0.15) is 0 Å². The van der Waals surface area contributed by atoms with Gasteiger partial charge in [0.05, 0.1) is 11.4 Å². The van der Waals surface area contributed by atoms with E-state index in [0.717, 1.165) is 22.4 Å². The summed E-state index contributed by atoms with van der Waals surface area (Å²) in [6, 6.07) is 43.6. The highest BCUT2D eigenvalue weighted by molar-refractivity contribution is 7.99. The number of anilines is 3. The Bertz CT molecular complexity index is 1940. The number of fused-ring (bicyclic) bond motifs is 2. The van der Waals surface area contributed by atoms with Gasteiger partial charge in [-0.05, 0) is 97.2 Å². The Kier molecular flexibility index (Phi) is 7.78. The average molecular weight is 643 g/mol. The monoisotopic (exact) mass is 642 g/mol. The lowest BCUT2D eigenvalue weighted by atomic mass is 9.96. The summed E-state index contributed by atoms with van der Waals surface area (Å²) < 4.78 is 0. The molecule has 0 N–H and O–H groups in total. The minimum absolute atomic E-state index is 0.673. The lowest BCUT2D eigenvalue weighted by Gasteiger charge is -2.34. The van der Waals surface area contributed by atoms with Crippen molar-refractivity contribution in [2.24, 2.45) is 0 Å². The molecule has 48 heavy (non-hydrogen) atoms. The van der Waals surface area contributed by atoms with E-state index >= 15 is 0 Å². The van der Waals surface area contributed by atoms with Gasteiger partial charge in [-0.2, -0.15) is 0 Å². The van der Waals surface area contributed by atoms with Crippen LogP contribution in [0, 0.1) is 0 Å². The molecule has 2 heterocycles. The molecule has 0 saturated heterocycles. The van der Waals surface area contributed by atoms with Crippen molar-refractivity contribution >= 4 is 28.8 Å². The molecule has 2 fully saturated rings. The molecule has 2 saturated carbocycles. The van der Waals surface area contributed by atoms with Crippen molar-refractivity contribution in [3.63, 3.8) is 0 Å². The molecule has 3 aliphatic rings. The van der Waals surface area contributed by atoms with Crippen LogP contribution < -0.4 is 4.90 Å². The highest BCUT2D eigenvalue weighted by Gasteiger charge is 2.28. The molecule has 236 valence electrons. The maximum atomic E-state index is 4.97. The Hall–Kier alpha value is -4.74. The fourth-order valence-corrected chi connectivity index (χ4v) is 9.00. The zero-order valence-electron chi connectivity index (χ0n) is 27.1. The van der Waals surface area contributed by atoms with Gasteiger partial charge in [-0.15, -0.1) is 0 Å². The second-order valence-electron chi connectivity index (χ2n) is 13.4. The molecular weight excluding hydrogens is 605 g/mol. The van der Waals surface area contributed by atoms with Crippen LogP contribution in [0.15, 0.2) is 131 Å². The molecule has 0 radical (unpaired) electrons. The van der Waals surface area contributed by atoms with Crippen LogP contribution in [-0.2, 0) is 0 Å². The van der Waals surface area contributed by atoms with E-state index in [-0.39, 0.29) is 0 Å². The van der Waals surface area contributed by atoms with Gasteiger partial charge >= 0.3 is 0 Å². The van der Waals surface area contributed by atoms with Crippen molar-refractivity contribution in [3.8, 4) is 34.2 Å². The molecule has 0 amide bonds. The van der Waals surface area contributed by atoms with Crippen molar-refractivity contribution in [1.82, 2.24) is 15.0 Å². The highest BCUT2D eigenvalue weighted by atomic mass is 32.2. The molecule has 5 heteroatoms. The summed E-state index contributed by atoms with van der Waals surface area (Å²) in [5, 5.41) is 0. The number of hydrogen-bond donors (Lipinski definition) is 0. The molecule has 4 nitrogen and oxygen atoms in total. The fourth-order valence-electron chi connectivity index (χ4n) is 7.84. The van der Waals surface area contributed by atoms with Gasteiger partial charge in [-0.25, -0.2) is 15.0 Å². The third-order valence-corrected chi connectivity index (χ3v) is 11.5. The Labute approximate surface area is 287 Å². The molecule has 0 spiro atoms. The standard InChI is InChI=1S/C43H38N4S/c1-3-15-31(16-4-1)41-44-42(32-17-5-2-6-18-32)46-43(45-41)33-19-23-36(24-20-33)47-37-25-21-34(29-11-7-8-12-29)27-39(37)48-40-28-35(22-26-38(40)47)30-13-9-10-14-30/h1-6,15-30H,7-14H2. The number of rotatable bonds is 6. The van der Waals surface area contributed by atoms with Crippen LogP contribution in [0.2, 0.25) is 0 Å². The predicted octanol–water partition coefficient (Wildman–Crippen LogP) is 12.1. The lowest BCUT2D eigenvalue weighted by molar-refractivity contribution is 0.720. The Morgan fingerprint density at radius 3 is 1.31 bits per heavy atom. The third-order valence-electron chi connectivity index (χ3n) is 10.4. The van der Waals surface area contributed by atoms with Gasteiger partial charge in [0.2, 0.25) is 0 Å². The number of aromatic nitrogens is 3. The van der Waals surface area contributed by atoms with Crippen LogP contribution in [0.3, 0.4) is 0 Å². The molecular formula is C43H38N4S. The molecule has 0 bridgehead atoms. The van der Waals surface area contributed by atoms with Crippen LogP contribution in [-0.4, -0.2) is 15.0 Å². The molecule has 9 rings (SSSR count). The van der Waals surface area contributed by atoms with E-state index < -0.39 is 0 Å². The highest BCUT2D eigenvalue weighted by Crippen LogP contribution is 2.53. The second kappa shape index (κ2) is 12.7. The first-order valence-corrected chi connectivity index (χ1v) is 18.3. The first-order valence-electron chi connectivity index (χ1n) is 17.5. The summed E-state index contributed by atoms with van der Waals surface area (Å²) >= 11 is 1.96. The SMILES string of the molecule is c1ccc(-c2nc(-c3ccccc3)nc(-c3ccc(N4c5ccc(C6CCCC6)cc5Sc5cc(C6CCCC6)ccc54)cc3)n2)cc1. The Morgan fingerprint density at radius 1 is 0.458 bits per heavy atom. The lowest BCUT2D eigenvalue weighted by Crippen LogP contribution is -2.15. The normalized spacial score (nSPS) is 16.2. The summed E-state index contributed by atoms with van der Waals surface area (Å²) in [7, 11) is 0. The van der Waals surface area contributed by atoms with Gasteiger partial charge in [0, 0.05) is 32.2 Å². The molecule has 5 aromatic carbocycles. The minimum Gasteiger partial charge on any atom is -0.308 e. The molecule has 1 aliphatic heterocycles. The van der Waals surface area contributed by atoms with Crippen molar-refractivity contribution in [2.75, 3.05) is 4.90 Å². The summed E-state index contributed by atoms with van der Waals surface area (Å²) in [6.45, 7) is 0. The molecule has 6 aromatic rings. The van der Waals surface area contributed by atoms with Crippen molar-refractivity contribution in [2.45, 2.75) is 73.0 Å². The second-order valence-corrected chi connectivity index (χ2v) is 14.5. The van der Waals surface area contributed by atoms with Crippen LogP contribution in [0.4, 0.5) is 17.1 Å². The van der Waals surface area contributed by atoms with E-state index in [1.54, 1.807) is 0 Å². The van der Waals surface area contributed by atoms with E-state index in [4.69, 9.17) is 15.0 Å². The fraction of sp³-hybridized carbons (Fsp3) is 0.233. The quantitative estimate of drug-likeness (QED) is 0.181. The van der Waals surface area contributed by atoms with Gasteiger partial charge < -0.3 is 4.90 Å². The van der Waals surface area contributed by atoms with E-state index in [2.05, 4.69) is 89.8 Å². The van der Waals surface area contributed by atoms with Crippen LogP contribution in [0.1, 0.15) is 74.3 Å². The molecule has 0 unspecified atom stereocenters. The van der Waals surface area contributed by atoms with Crippen molar-refractivity contribution in [1.29, 1.82) is 0 Å². The Morgan fingerprint density at radius 2 is 0.875 bits per heavy atom. The van der Waals surface area contributed by atoms with E-state index in [1.807, 2.05) is 48.2 Å². The van der Waals surface area contributed by atoms with E-state index in [9.17, 15) is 0 Å². The largest absolute Gasteiger partial charge is 0.308 e. The van der Waals surface area contributed by atoms with Gasteiger partial charge in [0.25, 0.3) is 0 Å². The maximum Gasteiger partial charge on any atom is 0.164 e. The topological polar surface area (TPSA) is 41.9 Å². The van der Waals surface area contributed by atoms with E-state index in [1.165, 1.54) is 83.7 Å². The Balaban J connectivity index is 1.12. The minimum atomic E-state index is 0.673. The molecule has 2 aliphatic carbocycles. The first-order chi connectivity index (χ1) is 23.8. The van der Waals surface area contributed by atoms with Crippen molar-refractivity contribution in [3.05, 3.63) is 132 Å². The third kappa shape index (κ3) is 5.60. The summed E-state index contributed by atoms with van der Waals surface area (Å²) in [5.74, 6) is 3.41. The van der Waals surface area contributed by atoms with Gasteiger partial charge in [-0.1, -0.05) is 110 Å². The molecule has 0 atom stereocenters. The molecule has 1 aromatic heterocycles. The zero-order valence-corrected chi connectivity index (χ0v) is 27.9. The van der Waals surface area contributed by atoms with Crippen molar-refractivity contribution < 1.29 is 0 Å². The zero-order chi connectivity index (χ0) is 31.9. The maximum absolute atomic E-state index is 4.97. The van der Waals surface area contributed by atoms with Crippen LogP contribution >= 0.6 is 11.8 Å². The van der Waals surface area contributed by atoms with Crippen LogP contribution in [0.5, 0.6) is 0 Å². The smallest absolute Gasteiger partial charge is 0.164 e. The summed E-state index contributed by atoms with van der Waals surface area (Å²) in [6.07, 6.45) is 10.6. The number of benzene rings is 5. The number of hydrogen-bond acceptors (Lipinski definition) is 5. The van der Waals surface area contributed by atoms with Crippen LogP contribution in [0.25, 0.3) is 34.2 Å². The predicted molar refractivity (Wildman–Crippen MR) is 197 cm³/mol. The summed E-state index contributed by atoms with van der Waals surface area (Å²) in [5.41, 5.74) is 9.58. The van der Waals surface area contributed by atoms with E-state index in [0.29, 0.717) is 29.3 Å². The van der Waals surface area contributed by atoms with Gasteiger partial charge in [-0.3, -0.25) is 0 Å². The number of nitrogens with zero attached hydrogens (tertiary/aromatic N) is 4. The average Bonchev–Trinajstić information content (AvgIpc) is 3.90. The van der Waals surface area contributed by atoms with Gasteiger partial charge in [0.15, 0.2) is 17.5 Å². The summed E-state index contributed by atoms with van der Waals surface area (Å²) in [4.78, 5) is 20.0. The first kappa shape index (κ1) is 29.4.